The molecule has 2 heterocycles. The van der Waals surface area contributed by atoms with Crippen LogP contribution in [0.15, 0.2) is 18.5 Å². The van der Waals surface area contributed by atoms with Crippen molar-refractivity contribution in [1.29, 1.82) is 0 Å². The Hall–Kier alpha value is -2.03. The minimum absolute atomic E-state index is 0.279. The topological polar surface area (TPSA) is 64.7 Å². The van der Waals surface area contributed by atoms with Crippen LogP contribution in [0.4, 0.5) is 13.2 Å². The second kappa shape index (κ2) is 6.39. The van der Waals surface area contributed by atoms with Crippen LogP contribution >= 0.6 is 11.6 Å². The molecule has 2 aromatic heterocycles. The van der Waals surface area contributed by atoms with Crippen molar-refractivity contribution in [2.45, 2.75) is 19.1 Å². The number of nitrogens with one attached hydrogen (secondary N) is 1. The molecule has 0 saturated carbocycles. The molecule has 0 atom stereocenters. The lowest BCUT2D eigenvalue weighted by Gasteiger charge is -2.06. The van der Waals surface area contributed by atoms with E-state index in [0.717, 1.165) is 4.68 Å². The van der Waals surface area contributed by atoms with Gasteiger partial charge < -0.3 is 5.32 Å². The van der Waals surface area contributed by atoms with E-state index in [1.807, 2.05) is 0 Å². The number of halogens is 4. The summed E-state index contributed by atoms with van der Waals surface area (Å²) >= 11 is 5.62. The second-order valence-electron chi connectivity index (χ2n) is 4.51. The summed E-state index contributed by atoms with van der Waals surface area (Å²) < 4.78 is 40.5. The van der Waals surface area contributed by atoms with Crippen LogP contribution in [0.2, 0.25) is 5.02 Å². The Morgan fingerprint density at radius 1 is 1.45 bits per heavy atom. The molecule has 0 unspecified atom stereocenters. The van der Waals surface area contributed by atoms with Crippen molar-refractivity contribution in [3.63, 3.8) is 0 Å². The molecule has 0 spiro atoms. The number of carbonyl (C=O) groups excluding carboxylic acids is 1. The van der Waals surface area contributed by atoms with Gasteiger partial charge in [0.2, 0.25) is 0 Å². The standard InChI is InChI=1S/C12H13ClF3N5O/c1-20-9(8(13)10(19-20)12(14,15)16)11(22)17-4-2-6-21-7-3-5-18-21/h3,5,7H,2,4,6H2,1H3,(H,17,22). The number of aryl methyl sites for hydroxylation is 2. The Morgan fingerprint density at radius 3 is 2.73 bits per heavy atom. The van der Waals surface area contributed by atoms with E-state index in [-0.39, 0.29) is 12.2 Å². The fraction of sp³-hybridized carbons (Fsp3) is 0.417. The predicted molar refractivity (Wildman–Crippen MR) is 72.4 cm³/mol. The first-order valence-electron chi connectivity index (χ1n) is 6.36. The molecule has 0 saturated heterocycles. The number of nitrogens with zero attached hydrogens (tertiary/aromatic N) is 4. The van der Waals surface area contributed by atoms with E-state index in [1.165, 1.54) is 7.05 Å². The van der Waals surface area contributed by atoms with Gasteiger partial charge in [0.05, 0.1) is 0 Å². The molecular weight excluding hydrogens is 323 g/mol. The highest BCUT2D eigenvalue weighted by Crippen LogP contribution is 2.35. The third-order valence-corrected chi connectivity index (χ3v) is 3.24. The highest BCUT2D eigenvalue weighted by atomic mass is 35.5. The number of rotatable bonds is 5. The predicted octanol–water partition coefficient (Wildman–Crippen LogP) is 2.11. The number of alkyl halides is 3. The van der Waals surface area contributed by atoms with Gasteiger partial charge in [0.1, 0.15) is 10.7 Å². The third kappa shape index (κ3) is 3.59. The van der Waals surface area contributed by atoms with Crippen molar-refractivity contribution in [1.82, 2.24) is 24.9 Å². The van der Waals surface area contributed by atoms with E-state index in [0.29, 0.717) is 13.0 Å². The van der Waals surface area contributed by atoms with Gasteiger partial charge in [0.25, 0.3) is 5.91 Å². The van der Waals surface area contributed by atoms with Crippen LogP contribution in [-0.2, 0) is 19.8 Å². The summed E-state index contributed by atoms with van der Waals surface area (Å²) in [6.45, 7) is 0.863. The van der Waals surface area contributed by atoms with E-state index in [9.17, 15) is 18.0 Å². The number of aromatic nitrogens is 4. The zero-order valence-electron chi connectivity index (χ0n) is 11.6. The SMILES string of the molecule is Cn1nc(C(F)(F)F)c(Cl)c1C(=O)NCCCn1cccn1. The van der Waals surface area contributed by atoms with Gasteiger partial charge in [-0.25, -0.2) is 0 Å². The average molecular weight is 336 g/mol. The van der Waals surface area contributed by atoms with Crippen LogP contribution in [-0.4, -0.2) is 32.0 Å². The molecule has 1 amide bonds. The van der Waals surface area contributed by atoms with Gasteiger partial charge in [-0.2, -0.15) is 23.4 Å². The molecule has 10 heteroatoms. The van der Waals surface area contributed by atoms with Gasteiger partial charge in [-0.1, -0.05) is 11.6 Å². The molecule has 120 valence electrons. The van der Waals surface area contributed by atoms with E-state index >= 15 is 0 Å². The zero-order valence-corrected chi connectivity index (χ0v) is 12.3. The Labute approximate surface area is 128 Å². The summed E-state index contributed by atoms with van der Waals surface area (Å²) in [6, 6.07) is 1.77. The Morgan fingerprint density at radius 2 is 2.18 bits per heavy atom. The molecule has 0 aromatic carbocycles. The summed E-state index contributed by atoms with van der Waals surface area (Å²) in [4.78, 5) is 11.9. The largest absolute Gasteiger partial charge is 0.436 e. The van der Waals surface area contributed by atoms with Crippen LogP contribution in [0.5, 0.6) is 0 Å². The molecular formula is C12H13ClF3N5O. The zero-order chi connectivity index (χ0) is 16.3. The first kappa shape index (κ1) is 16.3. The van der Waals surface area contributed by atoms with E-state index in [2.05, 4.69) is 15.5 Å². The van der Waals surface area contributed by atoms with E-state index < -0.39 is 22.8 Å². The second-order valence-corrected chi connectivity index (χ2v) is 4.89. The Balaban J connectivity index is 1.96. The molecule has 2 rings (SSSR count). The average Bonchev–Trinajstić information content (AvgIpc) is 3.02. The van der Waals surface area contributed by atoms with Crippen molar-refractivity contribution >= 4 is 17.5 Å². The van der Waals surface area contributed by atoms with Crippen LogP contribution in [0.25, 0.3) is 0 Å². The molecule has 1 N–H and O–H groups in total. The van der Waals surface area contributed by atoms with Crippen molar-refractivity contribution < 1.29 is 18.0 Å². The van der Waals surface area contributed by atoms with Crippen molar-refractivity contribution in [3.05, 3.63) is 34.9 Å². The number of hydrogen-bond acceptors (Lipinski definition) is 3. The number of hydrogen-bond donors (Lipinski definition) is 1. The maximum Gasteiger partial charge on any atom is 0.436 e. The highest BCUT2D eigenvalue weighted by molar-refractivity contribution is 6.34. The van der Waals surface area contributed by atoms with Gasteiger partial charge in [-0.3, -0.25) is 14.2 Å². The van der Waals surface area contributed by atoms with Gasteiger partial charge in [0.15, 0.2) is 5.69 Å². The lowest BCUT2D eigenvalue weighted by molar-refractivity contribution is -0.141. The lowest BCUT2D eigenvalue weighted by Crippen LogP contribution is -2.27. The summed E-state index contributed by atoms with van der Waals surface area (Å²) in [6.07, 6.45) is -0.718. The fourth-order valence-electron chi connectivity index (χ4n) is 1.89. The van der Waals surface area contributed by atoms with Crippen molar-refractivity contribution in [2.75, 3.05) is 6.54 Å². The van der Waals surface area contributed by atoms with Crippen LogP contribution in [0, 0.1) is 0 Å². The van der Waals surface area contributed by atoms with Crippen LogP contribution in [0.3, 0.4) is 0 Å². The molecule has 6 nitrogen and oxygen atoms in total. The molecule has 0 aliphatic heterocycles. The molecule has 2 aromatic rings. The maximum absolute atomic E-state index is 12.7. The molecule has 22 heavy (non-hydrogen) atoms. The summed E-state index contributed by atoms with van der Waals surface area (Å²) in [5.74, 6) is -0.698. The Kier molecular flexibility index (Phi) is 4.74. The summed E-state index contributed by atoms with van der Waals surface area (Å²) in [5, 5.41) is 9.07. The quantitative estimate of drug-likeness (QED) is 0.851. The summed E-state index contributed by atoms with van der Waals surface area (Å²) in [7, 11) is 1.24. The monoisotopic (exact) mass is 335 g/mol. The maximum atomic E-state index is 12.7. The first-order valence-corrected chi connectivity index (χ1v) is 6.74. The number of carbonyl (C=O) groups is 1. The molecule has 0 bridgehead atoms. The van der Waals surface area contributed by atoms with Gasteiger partial charge >= 0.3 is 6.18 Å². The smallest absolute Gasteiger partial charge is 0.351 e. The Bertz CT molecular complexity index is 651. The summed E-state index contributed by atoms with van der Waals surface area (Å²) in [5.41, 5.74) is -1.58. The van der Waals surface area contributed by atoms with E-state index in [4.69, 9.17) is 11.6 Å². The molecule has 0 aliphatic rings. The van der Waals surface area contributed by atoms with Crippen molar-refractivity contribution in [3.8, 4) is 0 Å². The van der Waals surface area contributed by atoms with Gasteiger partial charge in [-0.15, -0.1) is 0 Å². The van der Waals surface area contributed by atoms with Crippen LogP contribution < -0.4 is 5.32 Å². The van der Waals surface area contributed by atoms with Crippen molar-refractivity contribution in [2.24, 2.45) is 7.05 Å². The lowest BCUT2D eigenvalue weighted by atomic mass is 10.3. The number of amides is 1. The normalized spacial score (nSPS) is 11.7. The molecule has 0 aliphatic carbocycles. The van der Waals surface area contributed by atoms with E-state index in [1.54, 1.807) is 23.1 Å². The minimum Gasteiger partial charge on any atom is -0.351 e. The van der Waals surface area contributed by atoms with Gasteiger partial charge in [0, 0.05) is 32.5 Å². The van der Waals surface area contributed by atoms with Crippen LogP contribution in [0.1, 0.15) is 22.6 Å². The third-order valence-electron chi connectivity index (χ3n) is 2.88. The highest BCUT2D eigenvalue weighted by Gasteiger charge is 2.39. The fourth-order valence-corrected chi connectivity index (χ4v) is 2.24. The molecule has 0 fully saturated rings. The van der Waals surface area contributed by atoms with Gasteiger partial charge in [-0.05, 0) is 12.5 Å². The minimum atomic E-state index is -4.70. The molecule has 0 radical (unpaired) electrons. The first-order chi connectivity index (χ1) is 10.3.